The van der Waals surface area contributed by atoms with Crippen LogP contribution in [0.25, 0.3) is 10.9 Å². The number of piperazine rings is 1. The number of aromatic nitrogens is 2. The molecule has 0 radical (unpaired) electrons. The lowest BCUT2D eigenvalue weighted by Gasteiger charge is -2.37. The summed E-state index contributed by atoms with van der Waals surface area (Å²) in [5.74, 6) is 2.24. The highest BCUT2D eigenvalue weighted by Gasteiger charge is 2.44. The SMILES string of the molecule is COc1cc2ncnc(N3CCN(C(=S)NCC4(c5ccc(Cl)cc5)CC4)CC3)c2cc1OC. The maximum absolute atomic E-state index is 6.06. The molecule has 1 aliphatic heterocycles. The number of anilines is 1. The molecule has 5 rings (SSSR count). The first kappa shape index (κ1) is 22.9. The van der Waals surface area contributed by atoms with Gasteiger partial charge >= 0.3 is 0 Å². The van der Waals surface area contributed by atoms with Gasteiger partial charge in [-0.15, -0.1) is 0 Å². The molecule has 3 aromatic rings. The minimum absolute atomic E-state index is 0.177. The third-order valence-corrected chi connectivity index (χ3v) is 7.53. The monoisotopic (exact) mass is 497 g/mol. The summed E-state index contributed by atoms with van der Waals surface area (Å²) in [5, 5.41) is 6.07. The lowest BCUT2D eigenvalue weighted by molar-refractivity contribution is 0.355. The number of fused-ring (bicyclic) bond motifs is 1. The molecule has 0 unspecified atom stereocenters. The second-order valence-corrected chi connectivity index (χ2v) is 9.66. The number of hydrogen-bond donors (Lipinski definition) is 1. The van der Waals surface area contributed by atoms with Crippen LogP contribution in [0.2, 0.25) is 5.02 Å². The first-order chi connectivity index (χ1) is 16.5. The zero-order valence-corrected chi connectivity index (χ0v) is 21.0. The van der Waals surface area contributed by atoms with Gasteiger partial charge in [0.2, 0.25) is 0 Å². The van der Waals surface area contributed by atoms with Crippen LogP contribution in [0, 0.1) is 0 Å². The zero-order chi connectivity index (χ0) is 23.7. The van der Waals surface area contributed by atoms with E-state index in [0.717, 1.165) is 59.6 Å². The van der Waals surface area contributed by atoms with Crippen molar-refractivity contribution in [3.8, 4) is 11.5 Å². The normalized spacial score (nSPS) is 16.9. The van der Waals surface area contributed by atoms with E-state index in [2.05, 4.69) is 37.2 Å². The van der Waals surface area contributed by atoms with E-state index >= 15 is 0 Å². The highest BCUT2D eigenvalue weighted by molar-refractivity contribution is 7.80. The first-order valence-electron chi connectivity index (χ1n) is 11.4. The van der Waals surface area contributed by atoms with Gasteiger partial charge in [-0.05, 0) is 48.8 Å². The minimum Gasteiger partial charge on any atom is -0.493 e. The van der Waals surface area contributed by atoms with E-state index in [0.29, 0.717) is 11.5 Å². The van der Waals surface area contributed by atoms with Crippen LogP contribution in [0.15, 0.2) is 42.7 Å². The lowest BCUT2D eigenvalue weighted by atomic mass is 9.96. The summed E-state index contributed by atoms with van der Waals surface area (Å²) in [6.07, 6.45) is 3.95. The van der Waals surface area contributed by atoms with Gasteiger partial charge in [0.1, 0.15) is 12.1 Å². The van der Waals surface area contributed by atoms with Gasteiger partial charge < -0.3 is 24.6 Å². The number of hydrogen-bond acceptors (Lipinski definition) is 6. The van der Waals surface area contributed by atoms with Gasteiger partial charge in [-0.3, -0.25) is 0 Å². The molecular formula is C25H28ClN5O2S. The molecule has 2 heterocycles. The van der Waals surface area contributed by atoms with Crippen molar-refractivity contribution in [2.45, 2.75) is 18.3 Å². The molecular weight excluding hydrogens is 470 g/mol. The first-order valence-corrected chi connectivity index (χ1v) is 12.2. The molecule has 1 saturated heterocycles. The van der Waals surface area contributed by atoms with Crippen molar-refractivity contribution in [1.29, 1.82) is 0 Å². The van der Waals surface area contributed by atoms with E-state index in [1.165, 1.54) is 18.4 Å². The zero-order valence-electron chi connectivity index (χ0n) is 19.4. The Kier molecular flexibility index (Phi) is 6.36. The largest absolute Gasteiger partial charge is 0.493 e. The average Bonchev–Trinajstić information content (AvgIpc) is 3.67. The smallest absolute Gasteiger partial charge is 0.169 e. The highest BCUT2D eigenvalue weighted by Crippen LogP contribution is 2.47. The summed E-state index contributed by atoms with van der Waals surface area (Å²) in [5.41, 5.74) is 2.34. The van der Waals surface area contributed by atoms with Gasteiger partial charge in [-0.2, -0.15) is 0 Å². The predicted octanol–water partition coefficient (Wildman–Crippen LogP) is 4.03. The number of ether oxygens (including phenoxy) is 2. The molecule has 2 aromatic carbocycles. The number of rotatable bonds is 6. The summed E-state index contributed by atoms with van der Waals surface area (Å²) in [4.78, 5) is 13.5. The Hall–Kier alpha value is -2.84. The third kappa shape index (κ3) is 4.44. The molecule has 0 amide bonds. The number of nitrogens with one attached hydrogen (secondary N) is 1. The molecule has 1 aliphatic carbocycles. The Morgan fingerprint density at radius 2 is 1.71 bits per heavy atom. The number of thiocarbonyl (C=S) groups is 1. The molecule has 1 aromatic heterocycles. The van der Waals surface area contributed by atoms with E-state index in [9.17, 15) is 0 Å². The fourth-order valence-corrected chi connectivity index (χ4v) is 5.00. The average molecular weight is 498 g/mol. The van der Waals surface area contributed by atoms with Crippen molar-refractivity contribution in [3.63, 3.8) is 0 Å². The summed E-state index contributed by atoms with van der Waals surface area (Å²) < 4.78 is 10.9. The van der Waals surface area contributed by atoms with E-state index in [1.807, 2.05) is 24.3 Å². The predicted molar refractivity (Wildman–Crippen MR) is 139 cm³/mol. The second kappa shape index (κ2) is 9.43. The van der Waals surface area contributed by atoms with Crippen molar-refractivity contribution in [2.24, 2.45) is 0 Å². The number of methoxy groups -OCH3 is 2. The summed E-state index contributed by atoms with van der Waals surface area (Å²) >= 11 is 11.8. The molecule has 1 N–H and O–H groups in total. The molecule has 2 aliphatic rings. The highest BCUT2D eigenvalue weighted by atomic mass is 35.5. The molecule has 1 saturated carbocycles. The molecule has 9 heteroatoms. The van der Waals surface area contributed by atoms with Gasteiger partial charge in [0.15, 0.2) is 16.6 Å². The number of benzene rings is 2. The van der Waals surface area contributed by atoms with Crippen molar-refractivity contribution in [2.75, 3.05) is 51.8 Å². The fraction of sp³-hybridized carbons (Fsp3) is 0.400. The maximum atomic E-state index is 6.06. The van der Waals surface area contributed by atoms with Gasteiger partial charge in [0.25, 0.3) is 0 Å². The Bertz CT molecular complexity index is 1190. The van der Waals surface area contributed by atoms with Gasteiger partial charge in [0.05, 0.1) is 19.7 Å². The van der Waals surface area contributed by atoms with E-state index in [4.69, 9.17) is 33.3 Å². The maximum Gasteiger partial charge on any atom is 0.169 e. The molecule has 2 fully saturated rings. The van der Waals surface area contributed by atoms with Crippen molar-refractivity contribution in [3.05, 3.63) is 53.3 Å². The van der Waals surface area contributed by atoms with Gasteiger partial charge in [-0.1, -0.05) is 23.7 Å². The van der Waals surface area contributed by atoms with Crippen molar-refractivity contribution >= 4 is 45.7 Å². The quantitative estimate of drug-likeness (QED) is 0.512. The van der Waals surface area contributed by atoms with Crippen LogP contribution < -0.4 is 19.7 Å². The fourth-order valence-electron chi connectivity index (χ4n) is 4.62. The van der Waals surface area contributed by atoms with Crippen LogP contribution in [-0.4, -0.2) is 66.9 Å². The van der Waals surface area contributed by atoms with Crippen LogP contribution in [-0.2, 0) is 5.41 Å². The Morgan fingerprint density at radius 3 is 2.35 bits per heavy atom. The summed E-state index contributed by atoms with van der Waals surface area (Å²) in [6.45, 7) is 4.16. The summed E-state index contributed by atoms with van der Waals surface area (Å²) in [7, 11) is 3.26. The Morgan fingerprint density at radius 1 is 1.03 bits per heavy atom. The Labute approximate surface area is 210 Å². The molecule has 0 spiro atoms. The van der Waals surface area contributed by atoms with Crippen LogP contribution in [0.3, 0.4) is 0 Å². The van der Waals surface area contributed by atoms with Gasteiger partial charge in [0, 0.05) is 54.6 Å². The molecule has 0 atom stereocenters. The van der Waals surface area contributed by atoms with E-state index in [1.54, 1.807) is 20.5 Å². The van der Waals surface area contributed by atoms with Crippen molar-refractivity contribution < 1.29 is 9.47 Å². The second-order valence-electron chi connectivity index (χ2n) is 8.84. The standard InChI is InChI=1S/C25H28ClN5O2S/c1-32-21-13-19-20(14-22(21)33-2)28-16-29-23(19)30-9-11-31(12-10-30)24(34)27-15-25(7-8-25)17-3-5-18(26)6-4-17/h3-6,13-14,16H,7-12,15H2,1-2H3,(H,27,34). The van der Waals surface area contributed by atoms with Crippen LogP contribution in [0.1, 0.15) is 18.4 Å². The minimum atomic E-state index is 0.177. The number of nitrogens with zero attached hydrogens (tertiary/aromatic N) is 4. The van der Waals surface area contributed by atoms with Crippen molar-refractivity contribution in [1.82, 2.24) is 20.2 Å². The number of halogens is 1. The van der Waals surface area contributed by atoms with Crippen LogP contribution in [0.5, 0.6) is 11.5 Å². The topological polar surface area (TPSA) is 62.8 Å². The van der Waals surface area contributed by atoms with Gasteiger partial charge in [-0.25, -0.2) is 9.97 Å². The molecule has 0 bridgehead atoms. The van der Waals surface area contributed by atoms with E-state index in [-0.39, 0.29) is 5.41 Å². The van der Waals surface area contributed by atoms with Crippen LogP contribution >= 0.6 is 23.8 Å². The van der Waals surface area contributed by atoms with E-state index < -0.39 is 0 Å². The van der Waals surface area contributed by atoms with Crippen LogP contribution in [0.4, 0.5) is 5.82 Å². The third-order valence-electron chi connectivity index (χ3n) is 6.87. The molecule has 7 nitrogen and oxygen atoms in total. The molecule has 34 heavy (non-hydrogen) atoms. The molecule has 178 valence electrons. The summed E-state index contributed by atoms with van der Waals surface area (Å²) in [6, 6.07) is 12.1. The Balaban J connectivity index is 1.22. The lowest BCUT2D eigenvalue weighted by Crippen LogP contribution is -2.52.